The smallest absolute Gasteiger partial charge is 0.195 e. The lowest BCUT2D eigenvalue weighted by Gasteiger charge is -2.23. The molecule has 1 unspecified atom stereocenters. The van der Waals surface area contributed by atoms with E-state index in [1.54, 1.807) is 18.2 Å². The number of hydrogen-bond acceptors (Lipinski definition) is 2. The van der Waals surface area contributed by atoms with Gasteiger partial charge in [0.15, 0.2) is 5.96 Å². The van der Waals surface area contributed by atoms with Gasteiger partial charge < -0.3 is 14.9 Å². The lowest BCUT2D eigenvalue weighted by molar-refractivity contribution is 0.181. The first-order valence-electron chi connectivity index (χ1n) is 5.75. The number of nitrogens with zero attached hydrogens (tertiary/aromatic N) is 3. The Morgan fingerprint density at radius 3 is 2.28 bits per heavy atom. The third-order valence-electron chi connectivity index (χ3n) is 2.47. The monoisotopic (exact) mass is 253 g/mol. The summed E-state index contributed by atoms with van der Waals surface area (Å²) in [6, 6.07) is 6.20. The van der Waals surface area contributed by atoms with Crippen LogP contribution in [0.4, 0.5) is 4.39 Å². The molecule has 18 heavy (non-hydrogen) atoms. The summed E-state index contributed by atoms with van der Waals surface area (Å²) < 4.78 is 13.5. The van der Waals surface area contributed by atoms with Gasteiger partial charge >= 0.3 is 0 Å². The fourth-order valence-corrected chi connectivity index (χ4v) is 1.69. The first kappa shape index (κ1) is 14.4. The van der Waals surface area contributed by atoms with Gasteiger partial charge in [0.1, 0.15) is 11.9 Å². The number of aliphatic hydroxyl groups excluding tert-OH is 1. The molecule has 0 aliphatic rings. The van der Waals surface area contributed by atoms with Crippen molar-refractivity contribution in [1.29, 1.82) is 0 Å². The lowest BCUT2D eigenvalue weighted by atomic mass is 10.1. The second kappa shape index (κ2) is 6.35. The van der Waals surface area contributed by atoms with Crippen LogP contribution in [0, 0.1) is 5.82 Å². The zero-order valence-electron chi connectivity index (χ0n) is 11.3. The van der Waals surface area contributed by atoms with Crippen LogP contribution in [0.3, 0.4) is 0 Å². The summed E-state index contributed by atoms with van der Waals surface area (Å²) >= 11 is 0. The number of aliphatic imine (C=N–C) groups is 1. The van der Waals surface area contributed by atoms with Gasteiger partial charge in [-0.2, -0.15) is 0 Å². The summed E-state index contributed by atoms with van der Waals surface area (Å²) in [6.45, 7) is 0.132. The molecule has 0 amide bonds. The Morgan fingerprint density at radius 2 is 1.78 bits per heavy atom. The standard InChI is InChI=1S/C13H20FN3O/c1-16(2)13(17(3)4)15-9-12(18)10-7-5-6-8-11(10)14/h5-8,12,18H,9H2,1-4H3. The van der Waals surface area contributed by atoms with Crippen molar-refractivity contribution in [3.05, 3.63) is 35.6 Å². The molecule has 0 spiro atoms. The van der Waals surface area contributed by atoms with Crippen LogP contribution in [0.5, 0.6) is 0 Å². The van der Waals surface area contributed by atoms with Gasteiger partial charge in [-0.15, -0.1) is 0 Å². The molecular weight excluding hydrogens is 233 g/mol. The second-order valence-electron chi connectivity index (χ2n) is 4.47. The maximum Gasteiger partial charge on any atom is 0.195 e. The Kier molecular flexibility index (Phi) is 5.09. The summed E-state index contributed by atoms with van der Waals surface area (Å²) in [5, 5.41) is 9.93. The summed E-state index contributed by atoms with van der Waals surface area (Å²) in [4.78, 5) is 7.97. The molecule has 5 heteroatoms. The largest absolute Gasteiger partial charge is 0.386 e. The molecule has 1 rings (SSSR count). The van der Waals surface area contributed by atoms with Crippen LogP contribution in [0.2, 0.25) is 0 Å². The van der Waals surface area contributed by atoms with Gasteiger partial charge in [-0.25, -0.2) is 9.38 Å². The van der Waals surface area contributed by atoms with Crippen molar-refractivity contribution in [2.75, 3.05) is 34.7 Å². The van der Waals surface area contributed by atoms with Crippen LogP contribution in [0.25, 0.3) is 0 Å². The molecule has 0 bridgehead atoms. The molecule has 0 saturated heterocycles. The SMILES string of the molecule is CN(C)C(=NCC(O)c1ccccc1F)N(C)C. The highest BCUT2D eigenvalue weighted by Crippen LogP contribution is 2.16. The van der Waals surface area contributed by atoms with Gasteiger partial charge in [0.2, 0.25) is 0 Å². The molecule has 1 aromatic carbocycles. The molecule has 0 aliphatic heterocycles. The van der Waals surface area contributed by atoms with Crippen molar-refractivity contribution in [3.8, 4) is 0 Å². The topological polar surface area (TPSA) is 39.1 Å². The van der Waals surface area contributed by atoms with Crippen LogP contribution in [-0.4, -0.2) is 55.6 Å². The van der Waals surface area contributed by atoms with Gasteiger partial charge in [-0.1, -0.05) is 18.2 Å². The molecule has 4 nitrogen and oxygen atoms in total. The number of hydrogen-bond donors (Lipinski definition) is 1. The van der Waals surface area contributed by atoms with Crippen LogP contribution >= 0.6 is 0 Å². The van der Waals surface area contributed by atoms with Gasteiger partial charge in [-0.05, 0) is 6.07 Å². The fourth-order valence-electron chi connectivity index (χ4n) is 1.69. The molecule has 0 aliphatic carbocycles. The van der Waals surface area contributed by atoms with E-state index in [1.807, 2.05) is 38.0 Å². The molecule has 1 atom stereocenters. The van der Waals surface area contributed by atoms with E-state index in [0.717, 1.165) is 5.96 Å². The zero-order valence-corrected chi connectivity index (χ0v) is 11.3. The number of aliphatic hydroxyl groups is 1. The highest BCUT2D eigenvalue weighted by molar-refractivity contribution is 5.79. The first-order valence-corrected chi connectivity index (χ1v) is 5.75. The molecule has 0 heterocycles. The highest BCUT2D eigenvalue weighted by Gasteiger charge is 2.12. The van der Waals surface area contributed by atoms with Crippen molar-refractivity contribution in [2.24, 2.45) is 4.99 Å². The quantitative estimate of drug-likeness (QED) is 0.652. The average molecular weight is 253 g/mol. The normalized spacial score (nSPS) is 11.9. The van der Waals surface area contributed by atoms with Gasteiger partial charge in [-0.3, -0.25) is 0 Å². The minimum Gasteiger partial charge on any atom is -0.386 e. The van der Waals surface area contributed by atoms with E-state index in [2.05, 4.69) is 4.99 Å². The predicted molar refractivity (Wildman–Crippen MR) is 71.0 cm³/mol. The van der Waals surface area contributed by atoms with E-state index >= 15 is 0 Å². The molecular formula is C13H20FN3O. The Labute approximate surface area is 107 Å². The summed E-state index contributed by atoms with van der Waals surface area (Å²) in [7, 11) is 7.48. The minimum atomic E-state index is -0.930. The van der Waals surface area contributed by atoms with Crippen molar-refractivity contribution >= 4 is 5.96 Å². The molecule has 0 fully saturated rings. The van der Waals surface area contributed by atoms with Gasteiger partial charge in [0.25, 0.3) is 0 Å². The van der Waals surface area contributed by atoms with Crippen molar-refractivity contribution in [3.63, 3.8) is 0 Å². The number of halogens is 1. The molecule has 0 saturated carbocycles. The van der Waals surface area contributed by atoms with Gasteiger partial charge in [0, 0.05) is 33.8 Å². The van der Waals surface area contributed by atoms with Gasteiger partial charge in [0.05, 0.1) is 6.54 Å². The third-order valence-corrected chi connectivity index (χ3v) is 2.47. The second-order valence-corrected chi connectivity index (χ2v) is 4.47. The van der Waals surface area contributed by atoms with E-state index in [4.69, 9.17) is 0 Å². The molecule has 1 N–H and O–H groups in total. The third kappa shape index (κ3) is 3.70. The van der Waals surface area contributed by atoms with E-state index in [1.165, 1.54) is 6.07 Å². The van der Waals surface area contributed by atoms with Crippen molar-refractivity contribution < 1.29 is 9.50 Å². The summed E-state index contributed by atoms with van der Waals surface area (Å²) in [6.07, 6.45) is -0.930. The van der Waals surface area contributed by atoms with Crippen LogP contribution in [0.15, 0.2) is 29.3 Å². The van der Waals surface area contributed by atoms with Crippen LogP contribution < -0.4 is 0 Å². The number of guanidine groups is 1. The van der Waals surface area contributed by atoms with Crippen LogP contribution in [-0.2, 0) is 0 Å². The molecule has 0 radical (unpaired) electrons. The fraction of sp³-hybridized carbons (Fsp3) is 0.462. The zero-order chi connectivity index (χ0) is 13.7. The lowest BCUT2D eigenvalue weighted by Crippen LogP contribution is -2.35. The molecule has 100 valence electrons. The number of benzene rings is 1. The maximum absolute atomic E-state index is 13.5. The van der Waals surface area contributed by atoms with E-state index < -0.39 is 11.9 Å². The minimum absolute atomic E-state index is 0.132. The number of rotatable bonds is 3. The van der Waals surface area contributed by atoms with Crippen LogP contribution in [0.1, 0.15) is 11.7 Å². The summed E-state index contributed by atoms with van der Waals surface area (Å²) in [5.74, 6) is 0.321. The van der Waals surface area contributed by atoms with E-state index in [-0.39, 0.29) is 12.1 Å². The van der Waals surface area contributed by atoms with Crippen molar-refractivity contribution in [2.45, 2.75) is 6.10 Å². The Bertz CT molecular complexity index is 408. The van der Waals surface area contributed by atoms with E-state index in [9.17, 15) is 9.50 Å². The highest BCUT2D eigenvalue weighted by atomic mass is 19.1. The van der Waals surface area contributed by atoms with E-state index in [0.29, 0.717) is 0 Å². The Hall–Kier alpha value is -1.62. The average Bonchev–Trinajstić information content (AvgIpc) is 2.28. The van der Waals surface area contributed by atoms with Crippen molar-refractivity contribution in [1.82, 2.24) is 9.80 Å². The summed E-state index contributed by atoms with van der Waals surface area (Å²) in [5.41, 5.74) is 0.276. The Morgan fingerprint density at radius 1 is 1.22 bits per heavy atom. The maximum atomic E-state index is 13.5. The molecule has 0 aromatic heterocycles. The molecule has 1 aromatic rings. The first-order chi connectivity index (χ1) is 8.43. The predicted octanol–water partition coefficient (Wildman–Crippen LogP) is 1.34. The Balaban J connectivity index is 2.79.